The Morgan fingerprint density at radius 1 is 1.75 bits per heavy atom. The first-order valence-electron chi connectivity index (χ1n) is 2.95. The van der Waals surface area contributed by atoms with Gasteiger partial charge in [0.1, 0.15) is 13.1 Å². The third-order valence-electron chi connectivity index (χ3n) is 1.16. The van der Waals surface area contributed by atoms with Gasteiger partial charge in [0.15, 0.2) is 0 Å². The van der Waals surface area contributed by atoms with E-state index in [1.54, 1.807) is 0 Å². The van der Waals surface area contributed by atoms with Crippen molar-refractivity contribution in [3.05, 3.63) is 0 Å². The molecular formula is C3H6N4O3S2. The van der Waals surface area contributed by atoms with Gasteiger partial charge in [-0.05, 0) is 4.00 Å². The van der Waals surface area contributed by atoms with Gasteiger partial charge < -0.3 is 4.55 Å². The zero-order valence-electron chi connectivity index (χ0n) is 5.87. The minimum Gasteiger partial charge on any atom is -0.759 e. The lowest BCUT2D eigenvalue weighted by Crippen LogP contribution is -2.36. The number of rotatable bonds is 4. The molecule has 0 aromatic heterocycles. The van der Waals surface area contributed by atoms with Crippen molar-refractivity contribution in [1.82, 2.24) is 4.13 Å². The zero-order valence-corrected chi connectivity index (χ0v) is 7.51. The second-order valence-corrected chi connectivity index (χ2v) is 3.90. The second-order valence-electron chi connectivity index (χ2n) is 1.95. The maximum atomic E-state index is 10.5. The van der Waals surface area contributed by atoms with Gasteiger partial charge in [-0.25, -0.2) is 4.79 Å². The molecule has 2 unspecified atom stereocenters. The van der Waals surface area contributed by atoms with Crippen LogP contribution in [0.3, 0.4) is 0 Å². The summed E-state index contributed by atoms with van der Waals surface area (Å²) >= 11 is -1.72. The van der Waals surface area contributed by atoms with Crippen LogP contribution in [0.15, 0.2) is 10.3 Å². The van der Waals surface area contributed by atoms with Gasteiger partial charge in [-0.1, -0.05) is 0 Å². The molecule has 0 aromatic rings. The van der Waals surface area contributed by atoms with Gasteiger partial charge >= 0.3 is 6.41 Å². The van der Waals surface area contributed by atoms with E-state index >= 15 is 0 Å². The SMILES string of the molecule is O=C[N+]1(SNS(=O)[O-])CCN=N1. The number of nitrogens with zero attached hydrogens (tertiary/aromatic N) is 3. The van der Waals surface area contributed by atoms with E-state index in [0.29, 0.717) is 31.6 Å². The van der Waals surface area contributed by atoms with Crippen molar-refractivity contribution < 1.29 is 17.6 Å². The van der Waals surface area contributed by atoms with Crippen LogP contribution in [0.25, 0.3) is 0 Å². The predicted octanol–water partition coefficient (Wildman–Crippen LogP) is -0.713. The average Bonchev–Trinajstić information content (AvgIpc) is 2.50. The van der Waals surface area contributed by atoms with E-state index in [2.05, 4.69) is 10.3 Å². The standard InChI is InChI=1S/C3H6N4O3S2/c8-3-7(2-1-4-5-7)11-6-12(9)10/h3,6H,1-2H2. The molecule has 1 amide bonds. The highest BCUT2D eigenvalue weighted by molar-refractivity contribution is 8.01. The van der Waals surface area contributed by atoms with Crippen LogP contribution in [0.5, 0.6) is 0 Å². The minimum atomic E-state index is -2.40. The Kier molecular flexibility index (Phi) is 3.29. The number of carbonyl (C=O) groups is 1. The fraction of sp³-hybridized carbons (Fsp3) is 0.667. The highest BCUT2D eigenvalue weighted by Gasteiger charge is 2.34. The average molecular weight is 210 g/mol. The Hall–Kier alpha value is -0.350. The van der Waals surface area contributed by atoms with E-state index in [-0.39, 0.29) is 0 Å². The summed E-state index contributed by atoms with van der Waals surface area (Å²) in [6, 6.07) is 0. The number of nitrogens with one attached hydrogen (secondary N) is 1. The van der Waals surface area contributed by atoms with Gasteiger partial charge in [-0.2, -0.15) is 0 Å². The molecule has 9 heteroatoms. The lowest BCUT2D eigenvalue weighted by molar-refractivity contribution is -0.706. The summed E-state index contributed by atoms with van der Waals surface area (Å²) < 4.78 is 21.8. The van der Waals surface area contributed by atoms with Crippen LogP contribution in [0.1, 0.15) is 0 Å². The third kappa shape index (κ3) is 2.32. The van der Waals surface area contributed by atoms with Crippen LogP contribution in [-0.4, -0.2) is 32.3 Å². The maximum absolute atomic E-state index is 10.5. The van der Waals surface area contributed by atoms with Crippen molar-refractivity contribution in [2.45, 2.75) is 0 Å². The lowest BCUT2D eigenvalue weighted by atomic mass is 10.7. The van der Waals surface area contributed by atoms with Crippen LogP contribution in [0, 0.1) is 0 Å². The van der Waals surface area contributed by atoms with Crippen molar-refractivity contribution >= 4 is 29.8 Å². The first-order chi connectivity index (χ1) is 5.68. The number of quaternary nitrogens is 1. The molecule has 0 bridgehead atoms. The molecule has 0 aliphatic carbocycles. The summed E-state index contributed by atoms with van der Waals surface area (Å²) in [7, 11) is 0. The summed E-state index contributed by atoms with van der Waals surface area (Å²) in [6.07, 6.45) is 0.529. The van der Waals surface area contributed by atoms with E-state index < -0.39 is 15.3 Å². The predicted molar refractivity (Wildman–Crippen MR) is 40.6 cm³/mol. The molecule has 1 aliphatic heterocycles. The normalized spacial score (nSPS) is 30.4. The Morgan fingerprint density at radius 2 is 2.50 bits per heavy atom. The summed E-state index contributed by atoms with van der Waals surface area (Å²) in [6.45, 7) is 0.803. The quantitative estimate of drug-likeness (QED) is 0.287. The van der Waals surface area contributed by atoms with E-state index in [0.717, 1.165) is 0 Å². The monoisotopic (exact) mass is 210 g/mol. The fourth-order valence-corrected chi connectivity index (χ4v) is 1.70. The lowest BCUT2D eigenvalue weighted by Gasteiger charge is -2.15. The van der Waals surface area contributed by atoms with Crippen LogP contribution >= 0.6 is 12.1 Å². The van der Waals surface area contributed by atoms with Gasteiger partial charge in [-0.3, -0.25) is 4.21 Å². The van der Waals surface area contributed by atoms with Crippen molar-refractivity contribution in [2.24, 2.45) is 10.3 Å². The highest BCUT2D eigenvalue weighted by atomic mass is 32.3. The van der Waals surface area contributed by atoms with Gasteiger partial charge in [0, 0.05) is 16.5 Å². The van der Waals surface area contributed by atoms with Crippen LogP contribution in [-0.2, 0) is 16.1 Å². The van der Waals surface area contributed by atoms with Gasteiger partial charge in [-0.15, -0.1) is 9.24 Å². The maximum Gasteiger partial charge on any atom is 0.342 e. The molecule has 0 saturated carbocycles. The minimum absolute atomic E-state index is 0.373. The first-order valence-corrected chi connectivity index (χ1v) is 4.80. The van der Waals surface area contributed by atoms with E-state index in [9.17, 15) is 13.6 Å². The van der Waals surface area contributed by atoms with Crippen LogP contribution in [0.4, 0.5) is 0 Å². The molecule has 0 radical (unpaired) electrons. The van der Waals surface area contributed by atoms with E-state index in [4.69, 9.17) is 0 Å². The van der Waals surface area contributed by atoms with E-state index in [1.807, 2.05) is 4.13 Å². The van der Waals surface area contributed by atoms with Gasteiger partial charge in [0.25, 0.3) is 0 Å². The van der Waals surface area contributed by atoms with Gasteiger partial charge in [0.2, 0.25) is 12.1 Å². The molecule has 0 spiro atoms. The molecule has 0 saturated heterocycles. The van der Waals surface area contributed by atoms with E-state index in [1.165, 1.54) is 0 Å². The summed E-state index contributed by atoms with van der Waals surface area (Å²) in [5.74, 6) is 0. The first kappa shape index (κ1) is 9.74. The third-order valence-corrected chi connectivity index (χ3v) is 2.66. The van der Waals surface area contributed by atoms with Crippen LogP contribution < -0.4 is 4.13 Å². The summed E-state index contributed by atoms with van der Waals surface area (Å²) in [4.78, 5) is 10.5. The molecule has 1 N–H and O–H groups in total. The molecule has 12 heavy (non-hydrogen) atoms. The molecule has 1 aliphatic rings. The zero-order chi connectivity index (χ0) is 9.03. The van der Waals surface area contributed by atoms with Crippen LogP contribution in [0.2, 0.25) is 0 Å². The van der Waals surface area contributed by atoms with Gasteiger partial charge in [0.05, 0.1) is 0 Å². The topological polar surface area (TPSA) is 94.0 Å². The van der Waals surface area contributed by atoms with Crippen molar-refractivity contribution in [1.29, 1.82) is 0 Å². The number of hydrogen-bond donors (Lipinski definition) is 1. The Balaban J connectivity index is 2.50. The molecule has 7 nitrogen and oxygen atoms in total. The summed E-state index contributed by atoms with van der Waals surface area (Å²) in [5.41, 5.74) is 0. The number of amides is 1. The van der Waals surface area contributed by atoms with Crippen molar-refractivity contribution in [3.8, 4) is 0 Å². The molecule has 1 rings (SSSR count). The Morgan fingerprint density at radius 3 is 2.92 bits per heavy atom. The fourth-order valence-electron chi connectivity index (χ4n) is 0.639. The second kappa shape index (κ2) is 4.05. The Labute approximate surface area is 75.5 Å². The summed E-state index contributed by atoms with van der Waals surface area (Å²) in [5, 5.41) is 7.17. The van der Waals surface area contributed by atoms with Crippen molar-refractivity contribution in [3.63, 3.8) is 0 Å². The van der Waals surface area contributed by atoms with Crippen molar-refractivity contribution in [2.75, 3.05) is 13.1 Å². The molecular weight excluding hydrogens is 204 g/mol. The molecule has 1 heterocycles. The number of hydrogen-bond acceptors (Lipinski definition) is 6. The molecule has 0 fully saturated rings. The molecule has 68 valence electrons. The number of carbonyl (C=O) groups excluding carboxylic acids is 1. The largest absolute Gasteiger partial charge is 0.759 e. The smallest absolute Gasteiger partial charge is 0.342 e. The Bertz CT molecular complexity index is 234. The molecule has 0 aromatic carbocycles. The highest BCUT2D eigenvalue weighted by Crippen LogP contribution is 2.22. The molecule has 2 atom stereocenters.